The maximum Gasteiger partial charge on any atom is 0.143 e. The first-order valence-electron chi connectivity index (χ1n) is 4.50. The molecule has 2 rings (SSSR count). The van der Waals surface area contributed by atoms with Gasteiger partial charge in [0.05, 0.1) is 18.5 Å². The number of nitrogens with zero attached hydrogens (tertiary/aromatic N) is 1. The highest BCUT2D eigenvalue weighted by atomic mass is 32.2. The second-order valence-electron chi connectivity index (χ2n) is 3.13. The topological polar surface area (TPSA) is 60.2 Å². The van der Waals surface area contributed by atoms with Gasteiger partial charge in [-0.15, -0.1) is 11.8 Å². The molecular weight excluding hydrogens is 198 g/mol. The number of nitrogens with one attached hydrogen (secondary N) is 1. The lowest BCUT2D eigenvalue weighted by atomic mass is 10.3. The predicted octanol–water partition coefficient (Wildman–Crippen LogP) is 0.999. The van der Waals surface area contributed by atoms with Gasteiger partial charge in [-0.25, -0.2) is 10.8 Å². The molecule has 5 heteroatoms. The number of hydrogen-bond donors (Lipinski definition) is 2. The molecule has 1 aliphatic heterocycles. The maximum absolute atomic E-state index is 5.36. The molecule has 1 saturated heterocycles. The van der Waals surface area contributed by atoms with Crippen LogP contribution in [0.15, 0.2) is 18.3 Å². The number of rotatable bonds is 4. The van der Waals surface area contributed by atoms with E-state index >= 15 is 0 Å². The van der Waals surface area contributed by atoms with E-state index in [2.05, 4.69) is 10.4 Å². The average molecular weight is 211 g/mol. The highest BCUT2D eigenvalue weighted by molar-refractivity contribution is 7.99. The van der Waals surface area contributed by atoms with Gasteiger partial charge in [-0.1, -0.05) is 6.07 Å². The van der Waals surface area contributed by atoms with Crippen LogP contribution in [0.3, 0.4) is 0 Å². The van der Waals surface area contributed by atoms with Crippen molar-refractivity contribution in [3.05, 3.63) is 23.9 Å². The van der Waals surface area contributed by atoms with Gasteiger partial charge >= 0.3 is 0 Å². The molecule has 1 aromatic heterocycles. The summed E-state index contributed by atoms with van der Waals surface area (Å²) >= 11 is 1.89. The van der Waals surface area contributed by atoms with Crippen LogP contribution in [0.4, 0.5) is 5.82 Å². The number of thioether (sulfide) groups is 1. The minimum Gasteiger partial charge on any atom is -0.379 e. The Kier molecular flexibility index (Phi) is 3.23. The standard InChI is InChI=1S/C9H13N3OS/c10-12-9-7(2-1-3-11-9)6-14-8-4-13-5-8/h1-3,8H,4-6,10H2,(H,11,12). The second-order valence-corrected chi connectivity index (χ2v) is 4.41. The first kappa shape index (κ1) is 9.76. The van der Waals surface area contributed by atoms with Crippen LogP contribution in [0.2, 0.25) is 0 Å². The van der Waals surface area contributed by atoms with Crippen LogP contribution in [-0.2, 0) is 10.5 Å². The van der Waals surface area contributed by atoms with Gasteiger partial charge in [0, 0.05) is 17.5 Å². The number of ether oxygens (including phenoxy) is 1. The van der Waals surface area contributed by atoms with Crippen molar-refractivity contribution in [2.45, 2.75) is 11.0 Å². The Morgan fingerprint density at radius 3 is 3.14 bits per heavy atom. The summed E-state index contributed by atoms with van der Waals surface area (Å²) in [4.78, 5) is 4.14. The number of aromatic nitrogens is 1. The van der Waals surface area contributed by atoms with Gasteiger partial charge in [0.15, 0.2) is 0 Å². The van der Waals surface area contributed by atoms with Crippen LogP contribution in [0.5, 0.6) is 0 Å². The van der Waals surface area contributed by atoms with Crippen LogP contribution >= 0.6 is 11.8 Å². The SMILES string of the molecule is NNc1ncccc1CSC1COC1. The first-order chi connectivity index (χ1) is 6.90. The van der Waals surface area contributed by atoms with Crippen molar-refractivity contribution < 1.29 is 4.74 Å². The summed E-state index contributed by atoms with van der Waals surface area (Å²) in [5.74, 6) is 7.05. The van der Waals surface area contributed by atoms with E-state index in [0.29, 0.717) is 5.25 Å². The fourth-order valence-electron chi connectivity index (χ4n) is 1.20. The van der Waals surface area contributed by atoms with Crippen molar-refractivity contribution in [1.82, 2.24) is 4.98 Å². The molecule has 76 valence electrons. The van der Waals surface area contributed by atoms with Crippen LogP contribution in [0.1, 0.15) is 5.56 Å². The molecule has 3 N–H and O–H groups in total. The molecule has 1 aromatic rings. The molecule has 0 spiro atoms. The van der Waals surface area contributed by atoms with Gasteiger partial charge in [-0.3, -0.25) is 0 Å². The molecule has 0 aliphatic carbocycles. The molecular formula is C9H13N3OS. The Morgan fingerprint density at radius 1 is 1.64 bits per heavy atom. The molecule has 1 fully saturated rings. The van der Waals surface area contributed by atoms with Gasteiger partial charge < -0.3 is 10.2 Å². The number of anilines is 1. The van der Waals surface area contributed by atoms with E-state index in [0.717, 1.165) is 30.3 Å². The van der Waals surface area contributed by atoms with Crippen molar-refractivity contribution >= 4 is 17.6 Å². The van der Waals surface area contributed by atoms with E-state index in [1.165, 1.54) is 0 Å². The van der Waals surface area contributed by atoms with Gasteiger partial charge in [0.25, 0.3) is 0 Å². The van der Waals surface area contributed by atoms with Crippen LogP contribution in [0.25, 0.3) is 0 Å². The molecule has 4 nitrogen and oxygen atoms in total. The molecule has 1 aliphatic rings. The summed E-state index contributed by atoms with van der Waals surface area (Å²) in [6, 6.07) is 3.96. The number of hydrazine groups is 1. The van der Waals surface area contributed by atoms with Crippen LogP contribution in [-0.4, -0.2) is 23.4 Å². The highest BCUT2D eigenvalue weighted by Gasteiger charge is 2.18. The second kappa shape index (κ2) is 4.63. The molecule has 0 atom stereocenters. The zero-order valence-electron chi connectivity index (χ0n) is 7.77. The molecule has 0 unspecified atom stereocenters. The molecule has 2 heterocycles. The van der Waals surface area contributed by atoms with E-state index in [1.807, 2.05) is 23.9 Å². The van der Waals surface area contributed by atoms with Crippen molar-refractivity contribution in [3.63, 3.8) is 0 Å². The summed E-state index contributed by atoms with van der Waals surface area (Å²) in [7, 11) is 0. The summed E-state index contributed by atoms with van der Waals surface area (Å²) in [6.07, 6.45) is 1.73. The summed E-state index contributed by atoms with van der Waals surface area (Å²) in [5.41, 5.74) is 3.74. The lowest BCUT2D eigenvalue weighted by Gasteiger charge is -2.25. The lowest BCUT2D eigenvalue weighted by Crippen LogP contribution is -2.30. The Hall–Kier alpha value is -0.780. The molecule has 14 heavy (non-hydrogen) atoms. The van der Waals surface area contributed by atoms with Gasteiger partial charge in [0.1, 0.15) is 5.82 Å². The number of pyridine rings is 1. The van der Waals surface area contributed by atoms with Crippen molar-refractivity contribution in [1.29, 1.82) is 0 Å². The van der Waals surface area contributed by atoms with Gasteiger partial charge in [-0.2, -0.15) is 0 Å². The highest BCUT2D eigenvalue weighted by Crippen LogP contribution is 2.25. The third kappa shape index (κ3) is 2.17. The minimum absolute atomic E-state index is 0.640. The maximum atomic E-state index is 5.36. The monoisotopic (exact) mass is 211 g/mol. The van der Waals surface area contributed by atoms with Crippen LogP contribution < -0.4 is 11.3 Å². The fraction of sp³-hybridized carbons (Fsp3) is 0.444. The Labute approximate surface area is 87.2 Å². The largest absolute Gasteiger partial charge is 0.379 e. The van der Waals surface area contributed by atoms with E-state index < -0.39 is 0 Å². The number of nitrogen functional groups attached to an aromatic ring is 1. The fourth-order valence-corrected chi connectivity index (χ4v) is 2.24. The zero-order valence-corrected chi connectivity index (χ0v) is 8.59. The van der Waals surface area contributed by atoms with Crippen molar-refractivity contribution in [3.8, 4) is 0 Å². The Balaban J connectivity index is 1.93. The normalized spacial score (nSPS) is 16.4. The molecule has 0 saturated carbocycles. The lowest BCUT2D eigenvalue weighted by molar-refractivity contribution is 0.0455. The van der Waals surface area contributed by atoms with Gasteiger partial charge in [-0.05, 0) is 6.07 Å². The first-order valence-corrected chi connectivity index (χ1v) is 5.55. The third-order valence-corrected chi connectivity index (χ3v) is 3.33. The smallest absolute Gasteiger partial charge is 0.143 e. The summed E-state index contributed by atoms with van der Waals surface area (Å²) < 4.78 is 5.10. The van der Waals surface area contributed by atoms with E-state index in [9.17, 15) is 0 Å². The average Bonchev–Trinajstić information content (AvgIpc) is 2.16. The molecule has 0 amide bonds. The van der Waals surface area contributed by atoms with E-state index in [-0.39, 0.29) is 0 Å². The molecule has 0 bridgehead atoms. The number of nitrogens with two attached hydrogens (primary N) is 1. The Morgan fingerprint density at radius 2 is 2.50 bits per heavy atom. The van der Waals surface area contributed by atoms with Crippen molar-refractivity contribution in [2.75, 3.05) is 18.6 Å². The van der Waals surface area contributed by atoms with Crippen molar-refractivity contribution in [2.24, 2.45) is 5.84 Å². The molecule has 0 aromatic carbocycles. The Bertz CT molecular complexity index is 304. The van der Waals surface area contributed by atoms with E-state index in [4.69, 9.17) is 10.6 Å². The van der Waals surface area contributed by atoms with Crippen LogP contribution in [0, 0.1) is 0 Å². The zero-order chi connectivity index (χ0) is 9.80. The van der Waals surface area contributed by atoms with Gasteiger partial charge in [0.2, 0.25) is 0 Å². The minimum atomic E-state index is 0.640. The predicted molar refractivity (Wildman–Crippen MR) is 57.9 cm³/mol. The quantitative estimate of drug-likeness (QED) is 0.574. The number of hydrogen-bond acceptors (Lipinski definition) is 5. The summed E-state index contributed by atoms with van der Waals surface area (Å²) in [5, 5.41) is 0.640. The van der Waals surface area contributed by atoms with E-state index in [1.54, 1.807) is 6.20 Å². The molecule has 0 radical (unpaired) electrons. The third-order valence-electron chi connectivity index (χ3n) is 2.11. The summed E-state index contributed by atoms with van der Waals surface area (Å²) in [6.45, 7) is 1.74.